The molecule has 0 aliphatic rings. The van der Waals surface area contributed by atoms with Gasteiger partial charge in [-0.25, -0.2) is 0 Å². The van der Waals surface area contributed by atoms with Crippen molar-refractivity contribution in [2.45, 2.75) is 46.7 Å². The number of hydrogen-bond donors (Lipinski definition) is 1. The second-order valence-electron chi connectivity index (χ2n) is 4.38. The third kappa shape index (κ3) is 5.27. The summed E-state index contributed by atoms with van der Waals surface area (Å²) in [7, 11) is 2.21. The molecule has 0 aromatic heterocycles. The molecule has 0 amide bonds. The van der Waals surface area contributed by atoms with Crippen LogP contribution in [0.3, 0.4) is 0 Å². The van der Waals surface area contributed by atoms with Gasteiger partial charge in [0.25, 0.3) is 0 Å². The molecule has 2 nitrogen and oxygen atoms in total. The van der Waals surface area contributed by atoms with Crippen LogP contribution in [0.4, 0.5) is 0 Å². The van der Waals surface area contributed by atoms with Gasteiger partial charge in [-0.2, -0.15) is 0 Å². The largest absolute Gasteiger partial charge is 0.313 e. The second kappa shape index (κ2) is 6.39. The summed E-state index contributed by atoms with van der Waals surface area (Å²) >= 11 is 0. The third-order valence-corrected chi connectivity index (χ3v) is 2.77. The smallest absolute Gasteiger partial charge is 0.0166 e. The van der Waals surface area contributed by atoms with Crippen molar-refractivity contribution in [3.8, 4) is 0 Å². The van der Waals surface area contributed by atoms with Crippen molar-refractivity contribution in [1.29, 1.82) is 0 Å². The zero-order chi connectivity index (χ0) is 10.4. The minimum absolute atomic E-state index is 0.594. The summed E-state index contributed by atoms with van der Waals surface area (Å²) in [4.78, 5) is 2.43. The Morgan fingerprint density at radius 2 is 1.69 bits per heavy atom. The fourth-order valence-electron chi connectivity index (χ4n) is 1.52. The van der Waals surface area contributed by atoms with E-state index in [-0.39, 0.29) is 0 Å². The Kier molecular flexibility index (Phi) is 6.35. The Hall–Kier alpha value is -0.0800. The Balaban J connectivity index is 3.77. The lowest BCUT2D eigenvalue weighted by molar-refractivity contribution is 0.192. The molecule has 80 valence electrons. The quantitative estimate of drug-likeness (QED) is 0.682. The van der Waals surface area contributed by atoms with E-state index in [0.29, 0.717) is 12.1 Å². The van der Waals surface area contributed by atoms with Crippen LogP contribution in [0, 0.1) is 5.92 Å². The van der Waals surface area contributed by atoms with Gasteiger partial charge in [0.1, 0.15) is 0 Å². The molecule has 2 unspecified atom stereocenters. The summed E-state index contributed by atoms with van der Waals surface area (Å²) in [5.41, 5.74) is 0. The SMILES string of the molecule is CCNC(C)CN(C)C(C)C(C)C. The lowest BCUT2D eigenvalue weighted by Gasteiger charge is -2.30. The van der Waals surface area contributed by atoms with E-state index >= 15 is 0 Å². The first-order valence-electron chi connectivity index (χ1n) is 5.42. The minimum atomic E-state index is 0.594. The van der Waals surface area contributed by atoms with Gasteiger partial charge in [0.15, 0.2) is 0 Å². The molecule has 0 saturated carbocycles. The summed E-state index contributed by atoms with van der Waals surface area (Å²) in [6.45, 7) is 13.4. The molecule has 0 heterocycles. The van der Waals surface area contributed by atoms with Crippen LogP contribution < -0.4 is 5.32 Å². The number of hydrogen-bond acceptors (Lipinski definition) is 2. The van der Waals surface area contributed by atoms with E-state index in [1.165, 1.54) is 0 Å². The van der Waals surface area contributed by atoms with Crippen LogP contribution in [0.15, 0.2) is 0 Å². The van der Waals surface area contributed by atoms with E-state index in [0.717, 1.165) is 19.0 Å². The molecule has 2 atom stereocenters. The maximum Gasteiger partial charge on any atom is 0.0166 e. The van der Waals surface area contributed by atoms with E-state index in [1.807, 2.05) is 0 Å². The van der Waals surface area contributed by atoms with Gasteiger partial charge < -0.3 is 10.2 Å². The lowest BCUT2D eigenvalue weighted by atomic mass is 10.0. The van der Waals surface area contributed by atoms with Crippen LogP contribution in [0.25, 0.3) is 0 Å². The van der Waals surface area contributed by atoms with Crippen molar-refractivity contribution >= 4 is 0 Å². The molecule has 0 radical (unpaired) electrons. The molecule has 0 rings (SSSR count). The highest BCUT2D eigenvalue weighted by atomic mass is 15.1. The summed E-state index contributed by atoms with van der Waals surface area (Å²) in [6.07, 6.45) is 0. The molecule has 1 N–H and O–H groups in total. The van der Waals surface area contributed by atoms with Gasteiger partial charge in [0.05, 0.1) is 0 Å². The first kappa shape index (κ1) is 12.9. The van der Waals surface area contributed by atoms with Gasteiger partial charge in [-0.1, -0.05) is 20.8 Å². The molecule has 0 aliphatic carbocycles. The zero-order valence-electron chi connectivity index (χ0n) is 10.1. The van der Waals surface area contributed by atoms with E-state index in [9.17, 15) is 0 Å². The number of rotatable bonds is 6. The summed E-state index contributed by atoms with van der Waals surface area (Å²) < 4.78 is 0. The maximum atomic E-state index is 3.43. The molecule has 0 fully saturated rings. The monoisotopic (exact) mass is 186 g/mol. The van der Waals surface area contributed by atoms with Crippen LogP contribution in [0.1, 0.15) is 34.6 Å². The third-order valence-electron chi connectivity index (χ3n) is 2.77. The molecule has 2 heteroatoms. The maximum absolute atomic E-state index is 3.43. The Bertz CT molecular complexity index is 123. The highest BCUT2D eigenvalue weighted by Crippen LogP contribution is 2.07. The van der Waals surface area contributed by atoms with Crippen molar-refractivity contribution < 1.29 is 0 Å². The van der Waals surface area contributed by atoms with Gasteiger partial charge >= 0.3 is 0 Å². The van der Waals surface area contributed by atoms with Crippen molar-refractivity contribution in [3.63, 3.8) is 0 Å². The molecule has 0 saturated heterocycles. The summed E-state index contributed by atoms with van der Waals surface area (Å²) in [6, 6.07) is 1.26. The van der Waals surface area contributed by atoms with Gasteiger partial charge in [0, 0.05) is 18.6 Å². The first-order valence-corrected chi connectivity index (χ1v) is 5.42. The van der Waals surface area contributed by atoms with Crippen LogP contribution in [0.5, 0.6) is 0 Å². The minimum Gasteiger partial charge on any atom is -0.313 e. The average Bonchev–Trinajstić information content (AvgIpc) is 2.03. The van der Waals surface area contributed by atoms with Crippen molar-refractivity contribution in [3.05, 3.63) is 0 Å². The first-order chi connectivity index (χ1) is 5.99. The summed E-state index contributed by atoms with van der Waals surface area (Å²) in [5, 5.41) is 3.43. The highest BCUT2D eigenvalue weighted by Gasteiger charge is 2.14. The van der Waals surface area contributed by atoms with E-state index < -0.39 is 0 Å². The zero-order valence-corrected chi connectivity index (χ0v) is 10.1. The van der Waals surface area contributed by atoms with Crippen LogP contribution in [0.2, 0.25) is 0 Å². The van der Waals surface area contributed by atoms with E-state index in [1.54, 1.807) is 0 Å². The van der Waals surface area contributed by atoms with Gasteiger partial charge in [0.2, 0.25) is 0 Å². The van der Waals surface area contributed by atoms with Crippen LogP contribution in [-0.2, 0) is 0 Å². The van der Waals surface area contributed by atoms with Crippen molar-refractivity contribution in [1.82, 2.24) is 10.2 Å². The van der Waals surface area contributed by atoms with Crippen LogP contribution >= 0.6 is 0 Å². The molecule has 13 heavy (non-hydrogen) atoms. The number of nitrogens with zero attached hydrogens (tertiary/aromatic N) is 1. The molecule has 0 aromatic carbocycles. The fraction of sp³-hybridized carbons (Fsp3) is 1.00. The second-order valence-corrected chi connectivity index (χ2v) is 4.38. The normalized spacial score (nSPS) is 16.6. The molecule has 0 aliphatic heterocycles. The van der Waals surface area contributed by atoms with Gasteiger partial charge in [-0.05, 0) is 33.4 Å². The predicted molar refractivity (Wildman–Crippen MR) is 60.1 cm³/mol. The Morgan fingerprint density at radius 1 is 1.15 bits per heavy atom. The van der Waals surface area contributed by atoms with Crippen molar-refractivity contribution in [2.75, 3.05) is 20.1 Å². The molecular formula is C11H26N2. The molecule has 0 aromatic rings. The average molecular weight is 186 g/mol. The predicted octanol–water partition coefficient (Wildman–Crippen LogP) is 1.96. The highest BCUT2D eigenvalue weighted by molar-refractivity contribution is 4.71. The molecular weight excluding hydrogens is 160 g/mol. The summed E-state index contributed by atoms with van der Waals surface area (Å²) in [5.74, 6) is 0.735. The standard InChI is InChI=1S/C11H26N2/c1-7-12-10(4)8-13(6)11(5)9(2)3/h9-12H,7-8H2,1-6H3. The lowest BCUT2D eigenvalue weighted by Crippen LogP contribution is -2.42. The molecule has 0 bridgehead atoms. The van der Waals surface area contributed by atoms with Crippen molar-refractivity contribution in [2.24, 2.45) is 5.92 Å². The Morgan fingerprint density at radius 3 is 2.08 bits per heavy atom. The number of nitrogens with one attached hydrogen (secondary N) is 1. The van der Waals surface area contributed by atoms with E-state index in [4.69, 9.17) is 0 Å². The van der Waals surface area contributed by atoms with Gasteiger partial charge in [-0.3, -0.25) is 0 Å². The van der Waals surface area contributed by atoms with Crippen LogP contribution in [-0.4, -0.2) is 37.1 Å². The van der Waals surface area contributed by atoms with E-state index in [2.05, 4.69) is 51.9 Å². The van der Waals surface area contributed by atoms with Gasteiger partial charge in [-0.15, -0.1) is 0 Å². The fourth-order valence-corrected chi connectivity index (χ4v) is 1.52. The Labute approximate surface area is 83.7 Å². The number of likely N-dealkylation sites (N-methyl/N-ethyl adjacent to an activating group) is 2. The molecule has 0 spiro atoms. The topological polar surface area (TPSA) is 15.3 Å².